The zero-order valence-corrected chi connectivity index (χ0v) is 15.9. The first-order chi connectivity index (χ1) is 12.7. The van der Waals surface area contributed by atoms with E-state index >= 15 is 0 Å². The van der Waals surface area contributed by atoms with Crippen molar-refractivity contribution in [1.82, 2.24) is 5.32 Å². The lowest BCUT2D eigenvalue weighted by Gasteiger charge is -2.29. The molecule has 0 bridgehead atoms. The van der Waals surface area contributed by atoms with Crippen molar-refractivity contribution < 1.29 is 28.3 Å². The van der Waals surface area contributed by atoms with E-state index in [1.807, 2.05) is 51.5 Å². The molecule has 0 radical (unpaired) electrons. The highest BCUT2D eigenvalue weighted by atomic mass is 16.5. The molecule has 0 fully saturated rings. The highest BCUT2D eigenvalue weighted by Crippen LogP contribution is 2.12. The van der Waals surface area contributed by atoms with Crippen molar-refractivity contribution in [3.8, 4) is 0 Å². The quantitative estimate of drug-likeness (QED) is 0.625. The maximum absolute atomic E-state index is 12.4. The second-order valence-electron chi connectivity index (χ2n) is 7.46. The van der Waals surface area contributed by atoms with Crippen molar-refractivity contribution >= 4 is 11.9 Å². The lowest BCUT2D eigenvalue weighted by Crippen LogP contribution is -2.50. The first-order valence-electron chi connectivity index (χ1n) is 8.74. The number of ether oxygens (including phenoxy) is 1. The van der Waals surface area contributed by atoms with Gasteiger partial charge in [-0.15, -0.1) is 0 Å². The second-order valence-corrected chi connectivity index (χ2v) is 7.46. The van der Waals surface area contributed by atoms with E-state index in [-0.39, 0.29) is 18.8 Å². The smallest absolute Gasteiger partial charge is 0.287 e. The van der Waals surface area contributed by atoms with Crippen LogP contribution in [0.3, 0.4) is 0 Å². The number of carbonyl (C=O) groups is 2. The number of aliphatic carboxylic acids is 1. The Morgan fingerprint density at radius 1 is 1.11 bits per heavy atom. The number of likely N-dealkylation sites (N-methyl/N-ethyl adjacent to an activating group) is 1. The largest absolute Gasteiger partial charge is 0.550 e. The van der Waals surface area contributed by atoms with Crippen molar-refractivity contribution in [2.24, 2.45) is 0 Å². The molecule has 0 saturated carbocycles. The number of hydrogen-bond donors (Lipinski definition) is 1. The Morgan fingerprint density at radius 3 is 2.44 bits per heavy atom. The summed E-state index contributed by atoms with van der Waals surface area (Å²) in [5.74, 6) is -1.01. The zero-order chi connectivity index (χ0) is 19.9. The Balaban J connectivity index is 1.89. The molecule has 7 heteroatoms. The van der Waals surface area contributed by atoms with E-state index in [9.17, 15) is 14.7 Å². The standard InChI is InChI=1S/C20H26N2O5/c1-22(2,3)12-16(11-19(23)24)21-20(25)18-10-9-17(27-18)14-26-13-15-7-5-4-6-8-15/h4-10,16H,11-14H2,1-3H3,(H-,21,23,24,25). The van der Waals surface area contributed by atoms with Crippen LogP contribution in [-0.4, -0.2) is 50.1 Å². The van der Waals surface area contributed by atoms with Gasteiger partial charge < -0.3 is 28.9 Å². The molecule has 7 nitrogen and oxygen atoms in total. The van der Waals surface area contributed by atoms with E-state index in [1.54, 1.807) is 12.1 Å². The molecule has 2 rings (SSSR count). The van der Waals surface area contributed by atoms with Gasteiger partial charge in [-0.25, -0.2) is 0 Å². The van der Waals surface area contributed by atoms with Gasteiger partial charge in [0.05, 0.1) is 40.3 Å². The molecule has 2 aromatic rings. The molecular weight excluding hydrogens is 348 g/mol. The summed E-state index contributed by atoms with van der Waals surface area (Å²) in [7, 11) is 5.76. The molecule has 0 aliphatic carbocycles. The first-order valence-corrected chi connectivity index (χ1v) is 8.74. The van der Waals surface area contributed by atoms with Crippen molar-refractivity contribution in [2.75, 3.05) is 27.7 Å². The maximum atomic E-state index is 12.4. The third kappa shape index (κ3) is 7.64. The fourth-order valence-corrected chi connectivity index (χ4v) is 2.70. The van der Waals surface area contributed by atoms with Crippen LogP contribution in [0.1, 0.15) is 28.3 Å². The minimum absolute atomic E-state index is 0.123. The molecule has 1 heterocycles. The van der Waals surface area contributed by atoms with E-state index in [0.29, 0.717) is 23.4 Å². The zero-order valence-electron chi connectivity index (χ0n) is 15.9. The third-order valence-electron chi connectivity index (χ3n) is 3.76. The van der Waals surface area contributed by atoms with Gasteiger partial charge in [0, 0.05) is 12.4 Å². The van der Waals surface area contributed by atoms with Crippen LogP contribution in [0.5, 0.6) is 0 Å². The molecule has 1 atom stereocenters. The van der Waals surface area contributed by atoms with E-state index in [0.717, 1.165) is 5.56 Å². The first kappa shape index (κ1) is 20.7. The molecular formula is C20H26N2O5. The number of carboxylic acids is 1. The van der Waals surface area contributed by atoms with Crippen molar-refractivity contribution in [3.05, 3.63) is 59.5 Å². The summed E-state index contributed by atoms with van der Waals surface area (Å²) < 4.78 is 11.6. The minimum Gasteiger partial charge on any atom is -0.550 e. The fraction of sp³-hybridized carbons (Fsp3) is 0.400. The molecule has 0 aliphatic heterocycles. The van der Waals surface area contributed by atoms with E-state index < -0.39 is 17.9 Å². The number of amides is 1. The molecule has 1 aromatic heterocycles. The minimum atomic E-state index is -1.21. The summed E-state index contributed by atoms with van der Waals surface area (Å²) in [6.45, 7) is 1.14. The maximum Gasteiger partial charge on any atom is 0.287 e. The molecule has 0 saturated heterocycles. The van der Waals surface area contributed by atoms with Crippen LogP contribution in [0.2, 0.25) is 0 Å². The van der Waals surface area contributed by atoms with Gasteiger partial charge in [-0.2, -0.15) is 0 Å². The van der Waals surface area contributed by atoms with Crippen LogP contribution in [0.4, 0.5) is 0 Å². The molecule has 27 heavy (non-hydrogen) atoms. The predicted octanol–water partition coefficient (Wildman–Crippen LogP) is 0.941. The lowest BCUT2D eigenvalue weighted by molar-refractivity contribution is -0.871. The summed E-state index contributed by atoms with van der Waals surface area (Å²) in [5.41, 5.74) is 1.05. The van der Waals surface area contributed by atoms with E-state index in [2.05, 4.69) is 5.32 Å². The molecule has 0 aliphatic rings. The monoisotopic (exact) mass is 374 g/mol. The normalized spacial score (nSPS) is 12.6. The average Bonchev–Trinajstić information content (AvgIpc) is 3.02. The fourth-order valence-electron chi connectivity index (χ4n) is 2.70. The van der Waals surface area contributed by atoms with Crippen molar-refractivity contribution in [3.63, 3.8) is 0 Å². The van der Waals surface area contributed by atoms with Gasteiger partial charge in [0.15, 0.2) is 5.76 Å². The Labute approximate surface area is 159 Å². The van der Waals surface area contributed by atoms with Crippen LogP contribution >= 0.6 is 0 Å². The highest BCUT2D eigenvalue weighted by molar-refractivity contribution is 5.91. The summed E-state index contributed by atoms with van der Waals surface area (Å²) in [4.78, 5) is 23.3. The summed E-state index contributed by atoms with van der Waals surface area (Å²) in [6.07, 6.45) is -0.255. The number of benzene rings is 1. The topological polar surface area (TPSA) is 91.6 Å². The number of hydrogen-bond acceptors (Lipinski definition) is 5. The van der Waals surface area contributed by atoms with E-state index in [1.165, 1.54) is 0 Å². The van der Waals surface area contributed by atoms with Crippen LogP contribution in [0.25, 0.3) is 0 Å². The molecule has 146 valence electrons. The Bertz CT molecular complexity index is 749. The summed E-state index contributed by atoms with van der Waals surface area (Å²) >= 11 is 0. The predicted molar refractivity (Wildman–Crippen MR) is 97.4 cm³/mol. The lowest BCUT2D eigenvalue weighted by atomic mass is 10.2. The van der Waals surface area contributed by atoms with Gasteiger partial charge >= 0.3 is 0 Å². The SMILES string of the molecule is C[N+](C)(C)CC(CC(=O)[O-])NC(=O)c1ccc(COCc2ccccc2)o1. The average molecular weight is 374 g/mol. The van der Waals surface area contributed by atoms with Gasteiger partial charge in [-0.3, -0.25) is 4.79 Å². The molecule has 1 N–H and O–H groups in total. The number of furan rings is 1. The third-order valence-corrected chi connectivity index (χ3v) is 3.76. The highest BCUT2D eigenvalue weighted by Gasteiger charge is 2.22. The van der Waals surface area contributed by atoms with Gasteiger partial charge in [0.2, 0.25) is 0 Å². The summed E-state index contributed by atoms with van der Waals surface area (Å²) in [5, 5.41) is 13.7. The number of carboxylic acid groups (broad SMARTS) is 1. The Hall–Kier alpha value is -2.64. The van der Waals surface area contributed by atoms with Crippen LogP contribution in [0, 0.1) is 0 Å². The number of carbonyl (C=O) groups excluding carboxylic acids is 2. The molecule has 1 aromatic carbocycles. The van der Waals surface area contributed by atoms with Gasteiger partial charge in [-0.05, 0) is 17.7 Å². The van der Waals surface area contributed by atoms with Crippen molar-refractivity contribution in [2.45, 2.75) is 25.7 Å². The van der Waals surface area contributed by atoms with Crippen LogP contribution in [-0.2, 0) is 22.7 Å². The summed E-state index contributed by atoms with van der Waals surface area (Å²) in [6, 6.07) is 12.4. The van der Waals surface area contributed by atoms with Crippen molar-refractivity contribution in [1.29, 1.82) is 0 Å². The number of rotatable bonds is 10. The second kappa shape index (κ2) is 9.34. The molecule has 1 unspecified atom stereocenters. The molecule has 1 amide bonds. The Morgan fingerprint density at radius 2 is 1.81 bits per heavy atom. The van der Waals surface area contributed by atoms with Gasteiger partial charge in [0.1, 0.15) is 12.4 Å². The van der Waals surface area contributed by atoms with Gasteiger partial charge in [-0.1, -0.05) is 30.3 Å². The number of quaternary nitrogens is 1. The number of nitrogens with zero attached hydrogens (tertiary/aromatic N) is 1. The Kier molecular flexibility index (Phi) is 7.15. The van der Waals surface area contributed by atoms with Crippen LogP contribution in [0.15, 0.2) is 46.9 Å². The van der Waals surface area contributed by atoms with Gasteiger partial charge in [0.25, 0.3) is 5.91 Å². The number of nitrogens with one attached hydrogen (secondary N) is 1. The molecule has 0 spiro atoms. The van der Waals surface area contributed by atoms with Crippen LogP contribution < -0.4 is 10.4 Å². The van der Waals surface area contributed by atoms with E-state index in [4.69, 9.17) is 9.15 Å².